The highest BCUT2D eigenvalue weighted by molar-refractivity contribution is 7.76. The molecule has 1 atom stereocenters. The van der Waals surface area contributed by atoms with Gasteiger partial charge in [0, 0.05) is 19.1 Å². The van der Waals surface area contributed by atoms with Gasteiger partial charge in [0.05, 0.1) is 0 Å². The zero-order chi connectivity index (χ0) is 10.7. The average molecular weight is 232 g/mol. The molecule has 0 bridgehead atoms. The molecule has 2 heterocycles. The van der Waals surface area contributed by atoms with Gasteiger partial charge in [-0.05, 0) is 38.8 Å². The van der Waals surface area contributed by atoms with Crippen molar-refractivity contribution in [1.29, 1.82) is 0 Å². The molecule has 0 radical (unpaired) electrons. The molecule has 0 amide bonds. The van der Waals surface area contributed by atoms with E-state index in [9.17, 15) is 4.21 Å². The first-order valence-electron chi connectivity index (χ1n) is 5.87. The topological polar surface area (TPSA) is 43.8 Å². The molecule has 1 unspecified atom stereocenters. The number of rotatable bonds is 2. The van der Waals surface area contributed by atoms with Gasteiger partial charge in [-0.25, -0.2) is 8.51 Å². The van der Waals surface area contributed by atoms with Gasteiger partial charge in [-0.15, -0.1) is 0 Å². The zero-order valence-electron chi connectivity index (χ0n) is 9.10. The molecular weight excluding hydrogens is 212 g/mol. The number of nitrogens with zero attached hydrogens (tertiary/aromatic N) is 2. The van der Waals surface area contributed by atoms with Crippen molar-refractivity contribution < 1.29 is 8.76 Å². The maximum Gasteiger partial charge on any atom is 0.234 e. The second kappa shape index (κ2) is 5.39. The molecular formula is C10H20N2O2S. The maximum atomic E-state index is 10.9. The lowest BCUT2D eigenvalue weighted by Crippen LogP contribution is -2.46. The summed E-state index contributed by atoms with van der Waals surface area (Å²) < 4.78 is 21.5. The van der Waals surface area contributed by atoms with Crippen LogP contribution in [-0.2, 0) is 11.3 Å². The number of likely N-dealkylation sites (tertiary alicyclic amines) is 1. The molecule has 4 nitrogen and oxygen atoms in total. The van der Waals surface area contributed by atoms with Crippen LogP contribution in [0.5, 0.6) is 0 Å². The Labute approximate surface area is 94.0 Å². The van der Waals surface area contributed by atoms with E-state index >= 15 is 0 Å². The van der Waals surface area contributed by atoms with Crippen molar-refractivity contribution in [2.75, 3.05) is 26.2 Å². The summed E-state index contributed by atoms with van der Waals surface area (Å²) in [5.74, 6) is 0. The second-order valence-corrected chi connectivity index (χ2v) is 5.47. The van der Waals surface area contributed by atoms with Crippen LogP contribution in [0, 0.1) is 0 Å². The largest absolute Gasteiger partial charge is 0.300 e. The maximum absolute atomic E-state index is 10.9. The summed E-state index contributed by atoms with van der Waals surface area (Å²) in [6, 6.07) is 0.657. The van der Waals surface area contributed by atoms with Crippen LogP contribution in [0.15, 0.2) is 0 Å². The predicted octanol–water partition coefficient (Wildman–Crippen LogP) is 1.07. The van der Waals surface area contributed by atoms with E-state index in [0.717, 1.165) is 25.9 Å². The van der Waals surface area contributed by atoms with Gasteiger partial charge in [-0.2, -0.15) is 0 Å². The Bertz CT molecular complexity index is 223. The normalized spacial score (nSPS) is 29.1. The van der Waals surface area contributed by atoms with Crippen molar-refractivity contribution in [3.8, 4) is 0 Å². The summed E-state index contributed by atoms with van der Waals surface area (Å²) in [6.45, 7) is 3.99. The Kier molecular flexibility index (Phi) is 4.13. The van der Waals surface area contributed by atoms with E-state index in [1.54, 1.807) is 4.31 Å². The summed E-state index contributed by atoms with van der Waals surface area (Å²) in [7, 11) is 0. The van der Waals surface area contributed by atoms with Crippen molar-refractivity contribution in [3.05, 3.63) is 0 Å². The number of piperidine rings is 2. The molecule has 2 saturated heterocycles. The molecule has 0 saturated carbocycles. The van der Waals surface area contributed by atoms with Crippen LogP contribution < -0.4 is 0 Å². The van der Waals surface area contributed by atoms with E-state index in [0.29, 0.717) is 6.04 Å². The quantitative estimate of drug-likeness (QED) is 0.724. The third kappa shape index (κ3) is 3.00. The van der Waals surface area contributed by atoms with E-state index in [1.165, 1.54) is 32.4 Å². The smallest absolute Gasteiger partial charge is 0.234 e. The van der Waals surface area contributed by atoms with Gasteiger partial charge in [-0.1, -0.05) is 6.42 Å². The first-order valence-corrected chi connectivity index (χ1v) is 6.94. The Morgan fingerprint density at radius 2 is 1.60 bits per heavy atom. The van der Waals surface area contributed by atoms with E-state index in [1.807, 2.05) is 0 Å². The van der Waals surface area contributed by atoms with Crippen molar-refractivity contribution >= 4 is 11.3 Å². The lowest BCUT2D eigenvalue weighted by molar-refractivity contribution is 0.117. The van der Waals surface area contributed by atoms with Gasteiger partial charge in [0.2, 0.25) is 11.3 Å². The zero-order valence-corrected chi connectivity index (χ0v) is 9.92. The number of hydrogen-bond acceptors (Lipinski definition) is 2. The fraction of sp³-hybridized carbons (Fsp3) is 1.00. The fourth-order valence-corrected chi connectivity index (χ4v) is 3.17. The van der Waals surface area contributed by atoms with Gasteiger partial charge >= 0.3 is 0 Å². The minimum atomic E-state index is -1.76. The first kappa shape index (κ1) is 11.5. The van der Waals surface area contributed by atoms with Crippen LogP contribution in [-0.4, -0.2) is 50.2 Å². The van der Waals surface area contributed by atoms with E-state index in [-0.39, 0.29) is 0 Å². The monoisotopic (exact) mass is 232 g/mol. The summed E-state index contributed by atoms with van der Waals surface area (Å²) >= 11 is -1.76. The van der Waals surface area contributed by atoms with Crippen LogP contribution in [0.2, 0.25) is 0 Å². The minimum absolute atomic E-state index is 0.657. The Morgan fingerprint density at radius 1 is 1.00 bits per heavy atom. The molecule has 0 aliphatic carbocycles. The van der Waals surface area contributed by atoms with Crippen LogP contribution in [0.1, 0.15) is 32.1 Å². The molecule has 0 aromatic carbocycles. The van der Waals surface area contributed by atoms with Crippen molar-refractivity contribution in [2.45, 2.75) is 38.1 Å². The average Bonchev–Trinajstić information content (AvgIpc) is 2.30. The SMILES string of the molecule is O=S(O)N1CCC(N2CCCCC2)CC1. The molecule has 15 heavy (non-hydrogen) atoms. The van der Waals surface area contributed by atoms with E-state index in [4.69, 9.17) is 4.55 Å². The fourth-order valence-electron chi connectivity index (χ4n) is 2.65. The third-order valence-corrected chi connectivity index (χ3v) is 4.36. The molecule has 2 aliphatic rings. The Morgan fingerprint density at radius 3 is 2.13 bits per heavy atom. The summed E-state index contributed by atoms with van der Waals surface area (Å²) in [6.07, 6.45) is 6.12. The van der Waals surface area contributed by atoms with Crippen LogP contribution in [0.25, 0.3) is 0 Å². The molecule has 1 N–H and O–H groups in total. The molecule has 2 fully saturated rings. The second-order valence-electron chi connectivity index (χ2n) is 4.49. The molecule has 0 spiro atoms. The lowest BCUT2D eigenvalue weighted by Gasteiger charge is -2.38. The molecule has 2 rings (SSSR count). The predicted molar refractivity (Wildman–Crippen MR) is 60.8 cm³/mol. The minimum Gasteiger partial charge on any atom is -0.300 e. The lowest BCUT2D eigenvalue weighted by atomic mass is 10.0. The number of hydrogen-bond donors (Lipinski definition) is 1. The summed E-state index contributed by atoms with van der Waals surface area (Å²) in [5, 5.41) is 0. The van der Waals surface area contributed by atoms with Gasteiger partial charge in [0.25, 0.3) is 0 Å². The van der Waals surface area contributed by atoms with Gasteiger partial charge < -0.3 is 4.90 Å². The van der Waals surface area contributed by atoms with Crippen LogP contribution in [0.4, 0.5) is 0 Å². The van der Waals surface area contributed by atoms with Crippen molar-refractivity contribution in [3.63, 3.8) is 0 Å². The summed E-state index contributed by atoms with van der Waals surface area (Å²) in [5.41, 5.74) is 0. The van der Waals surface area contributed by atoms with Crippen LogP contribution in [0.3, 0.4) is 0 Å². The highest BCUT2D eigenvalue weighted by atomic mass is 32.2. The van der Waals surface area contributed by atoms with Crippen LogP contribution >= 0.6 is 0 Å². The third-order valence-electron chi connectivity index (χ3n) is 3.55. The first-order chi connectivity index (χ1) is 7.27. The molecule has 2 aliphatic heterocycles. The summed E-state index contributed by atoms with van der Waals surface area (Å²) in [4.78, 5) is 2.57. The highest BCUT2D eigenvalue weighted by Gasteiger charge is 2.27. The van der Waals surface area contributed by atoms with Gasteiger partial charge in [-0.3, -0.25) is 4.55 Å². The van der Waals surface area contributed by atoms with E-state index < -0.39 is 11.3 Å². The Balaban J connectivity index is 1.79. The van der Waals surface area contributed by atoms with Gasteiger partial charge in [0.15, 0.2) is 0 Å². The van der Waals surface area contributed by atoms with Crippen molar-refractivity contribution in [2.24, 2.45) is 0 Å². The molecule has 0 aromatic heterocycles. The van der Waals surface area contributed by atoms with E-state index in [2.05, 4.69) is 4.90 Å². The standard InChI is InChI=1S/C10H20N2O2S/c13-15(14)12-8-4-10(5-9-12)11-6-2-1-3-7-11/h10H,1-9H2,(H,13,14). The molecule has 0 aromatic rings. The van der Waals surface area contributed by atoms with Crippen molar-refractivity contribution in [1.82, 2.24) is 9.21 Å². The highest BCUT2D eigenvalue weighted by Crippen LogP contribution is 2.20. The van der Waals surface area contributed by atoms with Gasteiger partial charge in [0.1, 0.15) is 0 Å². The molecule has 5 heteroatoms. The Hall–Kier alpha value is 0.0300. The molecule has 88 valence electrons.